The second kappa shape index (κ2) is 1.25. The Morgan fingerprint density at radius 1 is 1.50 bits per heavy atom. The Balaban J connectivity index is 2.12. The monoisotopic (exact) mass is 114 g/mol. The molecule has 0 bridgehead atoms. The van der Waals surface area contributed by atoms with Crippen molar-refractivity contribution in [3.05, 3.63) is 0 Å². The van der Waals surface area contributed by atoms with Crippen molar-refractivity contribution < 1.29 is 9.47 Å². The van der Waals surface area contributed by atoms with Crippen molar-refractivity contribution >= 4 is 0 Å². The first-order valence-electron chi connectivity index (χ1n) is 3.05. The van der Waals surface area contributed by atoms with Crippen LogP contribution in [0.25, 0.3) is 0 Å². The van der Waals surface area contributed by atoms with E-state index in [1.807, 2.05) is 0 Å². The van der Waals surface area contributed by atoms with Crippen molar-refractivity contribution in [1.29, 1.82) is 0 Å². The number of ether oxygens (including phenoxy) is 2. The zero-order valence-electron chi connectivity index (χ0n) is 5.02. The molecule has 1 spiro atoms. The molecule has 2 atom stereocenters. The second-order valence-corrected chi connectivity index (χ2v) is 2.77. The van der Waals surface area contributed by atoms with Gasteiger partial charge in [-0.05, 0) is 0 Å². The molecule has 2 aliphatic rings. The summed E-state index contributed by atoms with van der Waals surface area (Å²) in [6, 6.07) is 0. The van der Waals surface area contributed by atoms with Crippen LogP contribution in [0.1, 0.15) is 6.92 Å². The van der Waals surface area contributed by atoms with Crippen molar-refractivity contribution in [2.24, 2.45) is 5.92 Å². The molecular weight excluding hydrogens is 104 g/mol. The maximum Gasteiger partial charge on any atom is 0.119 e. The summed E-state index contributed by atoms with van der Waals surface area (Å²) in [5.74, 6) is 0.627. The van der Waals surface area contributed by atoms with Gasteiger partial charge in [0.1, 0.15) is 5.60 Å². The van der Waals surface area contributed by atoms with E-state index < -0.39 is 0 Å². The first-order chi connectivity index (χ1) is 3.83. The normalized spacial score (nSPS) is 52.9. The zero-order chi connectivity index (χ0) is 5.61. The van der Waals surface area contributed by atoms with E-state index in [1.165, 1.54) is 0 Å². The molecular formula is C6H10O2. The molecule has 2 nitrogen and oxygen atoms in total. The molecule has 2 fully saturated rings. The standard InChI is InChI=1S/C6H10O2/c1-5-2-7-3-6(5)4-8-6/h5H,2-4H2,1H3. The molecule has 0 aromatic carbocycles. The molecule has 2 saturated heterocycles. The van der Waals surface area contributed by atoms with Gasteiger partial charge in [-0.25, -0.2) is 0 Å². The molecule has 46 valence electrons. The molecule has 0 amide bonds. The molecule has 2 unspecified atom stereocenters. The lowest BCUT2D eigenvalue weighted by Gasteiger charge is -2.02. The molecule has 0 N–H and O–H groups in total. The fourth-order valence-electron chi connectivity index (χ4n) is 1.16. The van der Waals surface area contributed by atoms with Gasteiger partial charge in [0.2, 0.25) is 0 Å². The minimum absolute atomic E-state index is 0.181. The first-order valence-corrected chi connectivity index (χ1v) is 3.05. The van der Waals surface area contributed by atoms with E-state index in [-0.39, 0.29) is 5.60 Å². The lowest BCUT2D eigenvalue weighted by atomic mass is 10.00. The summed E-state index contributed by atoms with van der Waals surface area (Å²) in [6.07, 6.45) is 0. The highest BCUT2D eigenvalue weighted by molar-refractivity contribution is 4.99. The van der Waals surface area contributed by atoms with E-state index in [0.29, 0.717) is 5.92 Å². The van der Waals surface area contributed by atoms with Crippen LogP contribution in [0.15, 0.2) is 0 Å². The summed E-state index contributed by atoms with van der Waals surface area (Å²) in [5.41, 5.74) is 0.181. The van der Waals surface area contributed by atoms with Gasteiger partial charge in [0.15, 0.2) is 0 Å². The van der Waals surface area contributed by atoms with Crippen molar-refractivity contribution in [1.82, 2.24) is 0 Å². The van der Waals surface area contributed by atoms with Crippen LogP contribution in [0, 0.1) is 5.92 Å². The molecule has 2 heteroatoms. The van der Waals surface area contributed by atoms with Crippen molar-refractivity contribution in [2.45, 2.75) is 12.5 Å². The fraction of sp³-hybridized carbons (Fsp3) is 1.00. The molecule has 0 radical (unpaired) electrons. The fourth-order valence-corrected chi connectivity index (χ4v) is 1.16. The number of rotatable bonds is 0. The summed E-state index contributed by atoms with van der Waals surface area (Å²) in [4.78, 5) is 0. The third-order valence-corrected chi connectivity index (χ3v) is 2.13. The maximum atomic E-state index is 5.24. The summed E-state index contributed by atoms with van der Waals surface area (Å²) < 4.78 is 10.5. The summed E-state index contributed by atoms with van der Waals surface area (Å²) in [7, 11) is 0. The van der Waals surface area contributed by atoms with Gasteiger partial charge in [-0.1, -0.05) is 6.92 Å². The van der Waals surface area contributed by atoms with Crippen LogP contribution in [-0.2, 0) is 9.47 Å². The lowest BCUT2D eigenvalue weighted by Crippen LogP contribution is -2.18. The van der Waals surface area contributed by atoms with Crippen LogP contribution in [-0.4, -0.2) is 25.4 Å². The summed E-state index contributed by atoms with van der Waals surface area (Å²) in [5, 5.41) is 0. The van der Waals surface area contributed by atoms with E-state index in [1.54, 1.807) is 0 Å². The number of hydrogen-bond acceptors (Lipinski definition) is 2. The Bertz CT molecular complexity index is 107. The quantitative estimate of drug-likeness (QED) is 0.426. The average Bonchev–Trinajstić information content (AvgIpc) is 2.39. The van der Waals surface area contributed by atoms with Gasteiger partial charge in [0, 0.05) is 5.92 Å². The van der Waals surface area contributed by atoms with Gasteiger partial charge < -0.3 is 9.47 Å². The van der Waals surface area contributed by atoms with Crippen LogP contribution >= 0.6 is 0 Å². The second-order valence-electron chi connectivity index (χ2n) is 2.77. The minimum atomic E-state index is 0.181. The van der Waals surface area contributed by atoms with E-state index >= 15 is 0 Å². The van der Waals surface area contributed by atoms with Gasteiger partial charge in [-0.3, -0.25) is 0 Å². The molecule has 8 heavy (non-hydrogen) atoms. The maximum absolute atomic E-state index is 5.24. The van der Waals surface area contributed by atoms with E-state index in [2.05, 4.69) is 6.92 Å². The zero-order valence-corrected chi connectivity index (χ0v) is 5.02. The van der Waals surface area contributed by atoms with Crippen LogP contribution in [0.2, 0.25) is 0 Å². The number of hydrogen-bond donors (Lipinski definition) is 0. The highest BCUT2D eigenvalue weighted by Gasteiger charge is 2.53. The third kappa shape index (κ3) is 0.446. The Morgan fingerprint density at radius 3 is 2.50 bits per heavy atom. The molecule has 2 heterocycles. The van der Waals surface area contributed by atoms with E-state index in [4.69, 9.17) is 9.47 Å². The van der Waals surface area contributed by atoms with Crippen LogP contribution in [0.5, 0.6) is 0 Å². The Kier molecular flexibility index (Phi) is 0.746. The van der Waals surface area contributed by atoms with E-state index in [0.717, 1.165) is 19.8 Å². The lowest BCUT2D eigenvalue weighted by molar-refractivity contribution is 0.170. The Labute approximate surface area is 48.8 Å². The third-order valence-electron chi connectivity index (χ3n) is 2.13. The van der Waals surface area contributed by atoms with Gasteiger partial charge in [-0.2, -0.15) is 0 Å². The summed E-state index contributed by atoms with van der Waals surface area (Å²) in [6.45, 7) is 4.82. The average molecular weight is 114 g/mol. The van der Waals surface area contributed by atoms with Crippen molar-refractivity contribution in [2.75, 3.05) is 19.8 Å². The molecule has 2 rings (SSSR count). The Hall–Kier alpha value is -0.0800. The van der Waals surface area contributed by atoms with Crippen LogP contribution < -0.4 is 0 Å². The van der Waals surface area contributed by atoms with Crippen molar-refractivity contribution in [3.63, 3.8) is 0 Å². The Morgan fingerprint density at radius 2 is 2.25 bits per heavy atom. The SMILES string of the molecule is CC1COCC12CO2. The number of epoxide rings is 1. The van der Waals surface area contributed by atoms with Gasteiger partial charge in [-0.15, -0.1) is 0 Å². The highest BCUT2D eigenvalue weighted by Crippen LogP contribution is 2.39. The predicted octanol–water partition coefficient (Wildman–Crippen LogP) is 0.422. The van der Waals surface area contributed by atoms with Gasteiger partial charge >= 0.3 is 0 Å². The molecule has 0 aromatic heterocycles. The van der Waals surface area contributed by atoms with Crippen molar-refractivity contribution in [3.8, 4) is 0 Å². The molecule has 2 aliphatic heterocycles. The highest BCUT2D eigenvalue weighted by atomic mass is 16.6. The van der Waals surface area contributed by atoms with Crippen LogP contribution in [0.4, 0.5) is 0 Å². The van der Waals surface area contributed by atoms with Gasteiger partial charge in [0.05, 0.1) is 19.8 Å². The molecule has 0 saturated carbocycles. The van der Waals surface area contributed by atoms with E-state index in [9.17, 15) is 0 Å². The minimum Gasteiger partial charge on any atom is -0.378 e. The molecule has 0 aromatic rings. The molecule has 0 aliphatic carbocycles. The van der Waals surface area contributed by atoms with Gasteiger partial charge in [0.25, 0.3) is 0 Å². The smallest absolute Gasteiger partial charge is 0.119 e. The summed E-state index contributed by atoms with van der Waals surface area (Å²) >= 11 is 0. The van der Waals surface area contributed by atoms with Crippen LogP contribution in [0.3, 0.4) is 0 Å². The largest absolute Gasteiger partial charge is 0.378 e. The first kappa shape index (κ1) is 4.77. The topological polar surface area (TPSA) is 21.8 Å². The predicted molar refractivity (Wildman–Crippen MR) is 28.7 cm³/mol.